The molecule has 1 aromatic carbocycles. The summed E-state index contributed by atoms with van der Waals surface area (Å²) in [5, 5.41) is 10.7. The minimum absolute atomic E-state index is 0.688. The molecule has 0 atom stereocenters. The maximum atomic E-state index is 8.64. The molecule has 4 heteroatoms. The van der Waals surface area contributed by atoms with Gasteiger partial charge in [-0.2, -0.15) is 5.26 Å². The molecule has 0 fully saturated rings. The zero-order chi connectivity index (χ0) is 9.97. The van der Waals surface area contributed by atoms with Crippen LogP contribution in [0.1, 0.15) is 5.56 Å². The topological polar surface area (TPSA) is 23.8 Å². The Hall–Kier alpha value is -1.02. The number of nitriles is 1. The van der Waals surface area contributed by atoms with Crippen LogP contribution in [0.4, 0.5) is 0 Å². The predicted molar refractivity (Wildman–Crippen MR) is 63.2 cm³/mol. The quantitative estimate of drug-likeness (QED) is 0.695. The van der Waals surface area contributed by atoms with Gasteiger partial charge in [0, 0.05) is 10.3 Å². The van der Waals surface area contributed by atoms with E-state index < -0.39 is 0 Å². The van der Waals surface area contributed by atoms with Crippen LogP contribution in [-0.2, 0) is 0 Å². The average Bonchev–Trinajstić information content (AvgIpc) is 2.65. The van der Waals surface area contributed by atoms with Crippen LogP contribution in [0.2, 0.25) is 0 Å². The lowest BCUT2D eigenvalue weighted by molar-refractivity contribution is 1.49. The van der Waals surface area contributed by atoms with Gasteiger partial charge in [0.25, 0.3) is 0 Å². The van der Waals surface area contributed by atoms with Crippen molar-refractivity contribution in [3.8, 4) is 16.5 Å². The first-order chi connectivity index (χ1) is 6.79. The SMILES string of the molecule is N#Cc1ccc(-c2csc(=S)s2)cc1. The molecule has 0 unspecified atom stereocenters. The minimum Gasteiger partial charge on any atom is -0.192 e. The zero-order valence-electron chi connectivity index (χ0n) is 7.06. The normalized spacial score (nSPS) is 9.64. The molecule has 0 bridgehead atoms. The second kappa shape index (κ2) is 4.01. The molecule has 0 spiro atoms. The highest BCUT2D eigenvalue weighted by molar-refractivity contribution is 7.76. The molecule has 68 valence electrons. The molecule has 0 N–H and O–H groups in total. The molecule has 0 aliphatic carbocycles. The summed E-state index contributed by atoms with van der Waals surface area (Å²) in [6.07, 6.45) is 0. The molecule has 2 aromatic rings. The third kappa shape index (κ3) is 1.90. The maximum absolute atomic E-state index is 8.64. The first-order valence-corrected chi connectivity index (χ1v) is 5.99. The van der Waals surface area contributed by atoms with Crippen LogP contribution in [0.15, 0.2) is 29.6 Å². The zero-order valence-corrected chi connectivity index (χ0v) is 9.51. The van der Waals surface area contributed by atoms with Gasteiger partial charge < -0.3 is 0 Å². The van der Waals surface area contributed by atoms with E-state index in [2.05, 4.69) is 6.07 Å². The van der Waals surface area contributed by atoms with Gasteiger partial charge in [-0.25, -0.2) is 0 Å². The van der Waals surface area contributed by atoms with Crippen LogP contribution < -0.4 is 0 Å². The predicted octanol–water partition coefficient (Wildman–Crippen LogP) is 4.08. The minimum atomic E-state index is 0.688. The van der Waals surface area contributed by atoms with Gasteiger partial charge in [0.05, 0.1) is 11.6 Å². The van der Waals surface area contributed by atoms with Gasteiger partial charge in [-0.3, -0.25) is 0 Å². The highest BCUT2D eigenvalue weighted by Crippen LogP contribution is 2.28. The van der Waals surface area contributed by atoms with Crippen molar-refractivity contribution in [1.29, 1.82) is 5.26 Å². The molecule has 0 aliphatic heterocycles. The number of nitrogens with zero attached hydrogens (tertiary/aromatic N) is 1. The van der Waals surface area contributed by atoms with Crippen LogP contribution in [-0.4, -0.2) is 0 Å². The summed E-state index contributed by atoms with van der Waals surface area (Å²) in [5.74, 6) is 0. The summed E-state index contributed by atoms with van der Waals surface area (Å²) in [5.41, 5.74) is 1.81. The van der Waals surface area contributed by atoms with Crippen LogP contribution in [0.3, 0.4) is 0 Å². The summed E-state index contributed by atoms with van der Waals surface area (Å²) in [6.45, 7) is 0. The van der Waals surface area contributed by atoms with E-state index in [9.17, 15) is 0 Å². The third-order valence-corrected chi connectivity index (χ3v) is 4.27. The van der Waals surface area contributed by atoms with E-state index in [0.29, 0.717) is 5.56 Å². The monoisotopic (exact) mass is 235 g/mol. The van der Waals surface area contributed by atoms with Crippen molar-refractivity contribution in [1.82, 2.24) is 0 Å². The van der Waals surface area contributed by atoms with Crippen molar-refractivity contribution in [3.63, 3.8) is 0 Å². The smallest absolute Gasteiger partial charge is 0.144 e. The highest BCUT2D eigenvalue weighted by Gasteiger charge is 1.99. The number of benzene rings is 1. The molecular formula is C10H5NS3. The second-order valence-electron chi connectivity index (χ2n) is 2.64. The van der Waals surface area contributed by atoms with Gasteiger partial charge in [0.15, 0.2) is 0 Å². The van der Waals surface area contributed by atoms with Crippen LogP contribution >= 0.6 is 34.9 Å². The molecule has 0 saturated heterocycles. The van der Waals surface area contributed by atoms with Gasteiger partial charge in [-0.1, -0.05) is 24.4 Å². The molecule has 1 aromatic heterocycles. The Morgan fingerprint density at radius 1 is 1.21 bits per heavy atom. The van der Waals surface area contributed by atoms with E-state index in [0.717, 1.165) is 8.70 Å². The summed E-state index contributed by atoms with van der Waals surface area (Å²) in [4.78, 5) is 1.17. The van der Waals surface area contributed by atoms with E-state index in [4.69, 9.17) is 17.5 Å². The summed E-state index contributed by atoms with van der Waals surface area (Å²) < 4.78 is 0.935. The lowest BCUT2D eigenvalue weighted by Crippen LogP contribution is -1.74. The third-order valence-electron chi connectivity index (χ3n) is 1.75. The molecule has 0 aliphatic rings. The largest absolute Gasteiger partial charge is 0.192 e. The summed E-state index contributed by atoms with van der Waals surface area (Å²) >= 11 is 8.25. The fourth-order valence-electron chi connectivity index (χ4n) is 1.08. The van der Waals surface area contributed by atoms with Crippen molar-refractivity contribution < 1.29 is 0 Å². The Morgan fingerprint density at radius 2 is 1.93 bits per heavy atom. The lowest BCUT2D eigenvalue weighted by atomic mass is 10.1. The van der Waals surface area contributed by atoms with Crippen molar-refractivity contribution in [2.24, 2.45) is 0 Å². The Bertz CT molecular complexity index is 527. The highest BCUT2D eigenvalue weighted by atomic mass is 32.2. The summed E-state index contributed by atoms with van der Waals surface area (Å²) in [6, 6.07) is 9.64. The molecule has 1 nitrogen and oxygen atoms in total. The standard InChI is InChI=1S/C10H5NS3/c11-5-7-1-3-8(4-2-7)9-6-13-10(12)14-9/h1-4,6H. The van der Waals surface area contributed by atoms with Gasteiger partial charge in [-0.05, 0) is 17.7 Å². The number of hydrogen-bond donors (Lipinski definition) is 0. The van der Waals surface area contributed by atoms with E-state index in [1.54, 1.807) is 22.7 Å². The molecule has 0 radical (unpaired) electrons. The van der Waals surface area contributed by atoms with E-state index in [1.165, 1.54) is 4.88 Å². The molecule has 0 amide bonds. The van der Waals surface area contributed by atoms with Crippen LogP contribution in [0.25, 0.3) is 10.4 Å². The fourth-order valence-corrected chi connectivity index (χ4v) is 3.20. The van der Waals surface area contributed by atoms with E-state index in [1.807, 2.05) is 29.6 Å². The molecule has 14 heavy (non-hydrogen) atoms. The Kier molecular flexibility index (Phi) is 2.73. The fraction of sp³-hybridized carbons (Fsp3) is 0. The van der Waals surface area contributed by atoms with Crippen LogP contribution in [0.5, 0.6) is 0 Å². The Morgan fingerprint density at radius 3 is 2.43 bits per heavy atom. The number of rotatable bonds is 1. The van der Waals surface area contributed by atoms with Gasteiger partial charge in [0.1, 0.15) is 3.14 Å². The first-order valence-electron chi connectivity index (χ1n) is 3.89. The average molecular weight is 235 g/mol. The van der Waals surface area contributed by atoms with Crippen LogP contribution in [0, 0.1) is 14.5 Å². The number of hydrogen-bond acceptors (Lipinski definition) is 4. The molecule has 1 heterocycles. The second-order valence-corrected chi connectivity index (χ2v) is 5.76. The van der Waals surface area contributed by atoms with Gasteiger partial charge in [-0.15, -0.1) is 22.7 Å². The maximum Gasteiger partial charge on any atom is 0.144 e. The summed E-state index contributed by atoms with van der Waals surface area (Å²) in [7, 11) is 0. The van der Waals surface area contributed by atoms with Gasteiger partial charge in [0.2, 0.25) is 0 Å². The first kappa shape index (κ1) is 9.53. The molecule has 2 rings (SSSR count). The lowest BCUT2D eigenvalue weighted by Gasteiger charge is -1.95. The van der Waals surface area contributed by atoms with Crippen molar-refractivity contribution >= 4 is 34.9 Å². The molecule has 0 saturated carbocycles. The van der Waals surface area contributed by atoms with E-state index in [-0.39, 0.29) is 0 Å². The Balaban J connectivity index is 2.44. The van der Waals surface area contributed by atoms with Crippen molar-refractivity contribution in [2.45, 2.75) is 0 Å². The van der Waals surface area contributed by atoms with Crippen molar-refractivity contribution in [2.75, 3.05) is 0 Å². The van der Waals surface area contributed by atoms with Crippen molar-refractivity contribution in [3.05, 3.63) is 38.3 Å². The van der Waals surface area contributed by atoms with E-state index >= 15 is 0 Å². The van der Waals surface area contributed by atoms with Gasteiger partial charge >= 0.3 is 0 Å². The Labute approximate surface area is 94.9 Å². The molecular weight excluding hydrogens is 230 g/mol.